The Morgan fingerprint density at radius 1 is 0.902 bits per heavy atom. The summed E-state index contributed by atoms with van der Waals surface area (Å²) in [6.45, 7) is 8.31. The number of anilines is 1. The zero-order chi connectivity index (χ0) is 30.5. The Bertz CT molecular complexity index is 1490. The number of benzene rings is 3. The van der Waals surface area contributed by atoms with Gasteiger partial charge in [0, 0.05) is 33.2 Å². The van der Waals surface area contributed by atoms with Crippen LogP contribution >= 0.6 is 34.8 Å². The van der Waals surface area contributed by atoms with Crippen LogP contribution in [0.25, 0.3) is 0 Å². The van der Waals surface area contributed by atoms with Crippen LogP contribution in [0.5, 0.6) is 0 Å². The maximum atomic E-state index is 14.1. The first-order valence-electron chi connectivity index (χ1n) is 13.1. The minimum absolute atomic E-state index is 0.0101. The smallest absolute Gasteiger partial charge is 0.264 e. The molecule has 0 heterocycles. The molecule has 0 saturated heterocycles. The van der Waals surface area contributed by atoms with E-state index < -0.39 is 28.5 Å². The van der Waals surface area contributed by atoms with Gasteiger partial charge >= 0.3 is 0 Å². The van der Waals surface area contributed by atoms with E-state index in [0.717, 1.165) is 15.4 Å². The van der Waals surface area contributed by atoms with Crippen molar-refractivity contribution >= 4 is 62.3 Å². The van der Waals surface area contributed by atoms with Crippen molar-refractivity contribution in [3.05, 3.63) is 92.4 Å². The molecule has 1 N–H and O–H groups in total. The highest BCUT2D eigenvalue weighted by atomic mass is 35.5. The molecule has 0 saturated carbocycles. The van der Waals surface area contributed by atoms with Crippen LogP contribution in [0.1, 0.15) is 43.9 Å². The summed E-state index contributed by atoms with van der Waals surface area (Å²) in [5, 5.41) is 3.88. The predicted molar refractivity (Wildman–Crippen MR) is 166 cm³/mol. The van der Waals surface area contributed by atoms with E-state index in [4.69, 9.17) is 34.8 Å². The van der Waals surface area contributed by atoms with Crippen molar-refractivity contribution in [1.29, 1.82) is 0 Å². The van der Waals surface area contributed by atoms with Crippen molar-refractivity contribution in [1.82, 2.24) is 10.2 Å². The highest BCUT2D eigenvalue weighted by Gasteiger charge is 2.33. The number of rotatable bonds is 11. The maximum Gasteiger partial charge on any atom is 0.264 e. The first kappa shape index (κ1) is 32.7. The topological polar surface area (TPSA) is 86.8 Å². The van der Waals surface area contributed by atoms with Gasteiger partial charge in [0.05, 0.1) is 10.6 Å². The lowest BCUT2D eigenvalue weighted by atomic mass is 10.1. The van der Waals surface area contributed by atoms with Gasteiger partial charge in [-0.2, -0.15) is 0 Å². The Morgan fingerprint density at radius 2 is 1.51 bits per heavy atom. The van der Waals surface area contributed by atoms with Gasteiger partial charge < -0.3 is 10.2 Å². The molecule has 0 aliphatic heterocycles. The highest BCUT2D eigenvalue weighted by Crippen LogP contribution is 2.30. The molecule has 0 bridgehead atoms. The number of sulfonamides is 1. The van der Waals surface area contributed by atoms with E-state index in [-0.39, 0.29) is 29.1 Å². The van der Waals surface area contributed by atoms with E-state index in [9.17, 15) is 18.0 Å². The summed E-state index contributed by atoms with van der Waals surface area (Å²) in [4.78, 5) is 28.5. The molecule has 0 radical (unpaired) electrons. The molecule has 3 rings (SSSR count). The summed E-state index contributed by atoms with van der Waals surface area (Å²) >= 11 is 19.2. The molecule has 220 valence electrons. The Kier molecular flexibility index (Phi) is 11.1. The van der Waals surface area contributed by atoms with Crippen LogP contribution in [0.3, 0.4) is 0 Å². The zero-order valence-corrected chi connectivity index (χ0v) is 26.7. The summed E-state index contributed by atoms with van der Waals surface area (Å²) in [6.07, 6.45) is 0.694. The molecule has 3 aromatic rings. The number of nitrogens with one attached hydrogen (secondary N) is 1. The number of carbonyl (C=O) groups is 2. The first-order chi connectivity index (χ1) is 19.3. The molecular weight excluding hydrogens is 605 g/mol. The number of amides is 2. The number of hydrogen-bond acceptors (Lipinski definition) is 4. The van der Waals surface area contributed by atoms with Gasteiger partial charge in [0.2, 0.25) is 11.8 Å². The van der Waals surface area contributed by atoms with Crippen LogP contribution in [-0.4, -0.2) is 43.8 Å². The lowest BCUT2D eigenvalue weighted by Gasteiger charge is -2.33. The third-order valence-electron chi connectivity index (χ3n) is 6.89. The SMILES string of the molecule is CC[C@H](C)NC(=O)[C@H](C)N(Cc1c(Cl)cccc1Cl)C(=O)CN(c1ccc(C)c(Cl)c1)S(=O)(=O)c1ccc(C)cc1. The van der Waals surface area contributed by atoms with Crippen molar-refractivity contribution < 1.29 is 18.0 Å². The molecule has 11 heteroatoms. The third kappa shape index (κ3) is 7.95. The van der Waals surface area contributed by atoms with Gasteiger partial charge in [0.25, 0.3) is 10.0 Å². The van der Waals surface area contributed by atoms with Crippen LogP contribution in [0.15, 0.2) is 65.6 Å². The largest absolute Gasteiger partial charge is 0.352 e. The number of carbonyl (C=O) groups excluding carboxylic acids is 2. The van der Waals surface area contributed by atoms with Crippen molar-refractivity contribution in [3.63, 3.8) is 0 Å². The average molecular weight is 639 g/mol. The number of aryl methyl sites for hydroxylation is 2. The summed E-state index contributed by atoms with van der Waals surface area (Å²) in [7, 11) is -4.21. The van der Waals surface area contributed by atoms with Gasteiger partial charge in [-0.1, -0.05) is 71.6 Å². The molecule has 0 spiro atoms. The lowest BCUT2D eigenvalue weighted by Crippen LogP contribution is -2.52. The molecule has 0 fully saturated rings. The van der Waals surface area contributed by atoms with Crippen LogP contribution in [0.2, 0.25) is 15.1 Å². The highest BCUT2D eigenvalue weighted by molar-refractivity contribution is 7.92. The molecule has 0 aliphatic carbocycles. The number of halogens is 3. The van der Waals surface area contributed by atoms with Gasteiger partial charge in [-0.25, -0.2) is 8.42 Å². The van der Waals surface area contributed by atoms with E-state index in [1.165, 1.54) is 23.1 Å². The second-order valence-corrected chi connectivity index (χ2v) is 13.1. The fourth-order valence-corrected chi connectivity index (χ4v) is 6.10. The van der Waals surface area contributed by atoms with Crippen molar-refractivity contribution in [2.45, 2.75) is 64.6 Å². The number of hydrogen-bond donors (Lipinski definition) is 1. The van der Waals surface area contributed by atoms with Gasteiger partial charge in [0.15, 0.2) is 0 Å². The van der Waals surface area contributed by atoms with Crippen LogP contribution in [0.4, 0.5) is 5.69 Å². The Morgan fingerprint density at radius 3 is 2.07 bits per heavy atom. The van der Waals surface area contributed by atoms with Gasteiger partial charge in [-0.05, 0) is 76.1 Å². The molecule has 2 atom stereocenters. The molecule has 0 aliphatic rings. The monoisotopic (exact) mass is 637 g/mol. The van der Waals surface area contributed by atoms with Crippen molar-refractivity contribution in [2.24, 2.45) is 0 Å². The van der Waals surface area contributed by atoms with Crippen LogP contribution < -0.4 is 9.62 Å². The van der Waals surface area contributed by atoms with Gasteiger partial charge in [-0.15, -0.1) is 0 Å². The molecular formula is C30H34Cl3N3O4S. The second-order valence-electron chi connectivity index (χ2n) is 9.97. The van der Waals surface area contributed by atoms with E-state index in [0.29, 0.717) is 27.1 Å². The van der Waals surface area contributed by atoms with E-state index in [1.54, 1.807) is 56.3 Å². The normalized spacial score (nSPS) is 12.9. The standard InChI is InChI=1S/C30H34Cl3N3O4S/c1-6-21(4)34-30(38)22(5)35(17-25-26(31)8-7-9-27(25)32)29(37)18-36(23-13-12-20(3)28(33)16-23)41(39,40)24-14-10-19(2)11-15-24/h7-16,21-22H,6,17-18H2,1-5H3,(H,34,38)/t21-,22-/m0/s1. The average Bonchev–Trinajstić information content (AvgIpc) is 2.92. The third-order valence-corrected chi connectivity index (χ3v) is 9.79. The van der Waals surface area contributed by atoms with E-state index in [1.807, 2.05) is 20.8 Å². The van der Waals surface area contributed by atoms with Gasteiger partial charge in [0.1, 0.15) is 12.6 Å². The number of nitrogens with zero attached hydrogens (tertiary/aromatic N) is 2. The van der Waals surface area contributed by atoms with Crippen molar-refractivity contribution in [3.8, 4) is 0 Å². The first-order valence-corrected chi connectivity index (χ1v) is 15.7. The van der Waals surface area contributed by atoms with Crippen LogP contribution in [0, 0.1) is 13.8 Å². The molecule has 0 aromatic heterocycles. The summed E-state index contributed by atoms with van der Waals surface area (Å²) < 4.78 is 28.9. The second kappa shape index (κ2) is 13.9. The molecule has 41 heavy (non-hydrogen) atoms. The molecule has 2 amide bonds. The maximum absolute atomic E-state index is 14.1. The quantitative estimate of drug-likeness (QED) is 0.251. The van der Waals surface area contributed by atoms with Crippen molar-refractivity contribution in [2.75, 3.05) is 10.8 Å². The Hall–Kier alpha value is -2.78. The fraction of sp³-hybridized carbons (Fsp3) is 0.333. The van der Waals surface area contributed by atoms with E-state index >= 15 is 0 Å². The minimum Gasteiger partial charge on any atom is -0.352 e. The Balaban J connectivity index is 2.09. The summed E-state index contributed by atoms with van der Waals surface area (Å²) in [5.74, 6) is -1.01. The van der Waals surface area contributed by atoms with Gasteiger partial charge in [-0.3, -0.25) is 13.9 Å². The van der Waals surface area contributed by atoms with Crippen LogP contribution in [-0.2, 0) is 26.2 Å². The summed E-state index contributed by atoms with van der Waals surface area (Å²) in [6, 6.07) is 15.0. The molecule has 3 aromatic carbocycles. The Labute approximate surface area is 257 Å². The molecule has 7 nitrogen and oxygen atoms in total. The lowest BCUT2D eigenvalue weighted by molar-refractivity contribution is -0.139. The van der Waals surface area contributed by atoms with E-state index in [2.05, 4.69) is 5.32 Å². The molecule has 0 unspecified atom stereocenters. The fourth-order valence-electron chi connectivity index (χ4n) is 4.00. The predicted octanol–water partition coefficient (Wildman–Crippen LogP) is 6.79. The zero-order valence-electron chi connectivity index (χ0n) is 23.6. The minimum atomic E-state index is -4.21. The summed E-state index contributed by atoms with van der Waals surface area (Å²) in [5.41, 5.74) is 2.29.